The molecule has 10 nitrogen and oxygen atoms in total. The Hall–Kier alpha value is -2.60. The van der Waals surface area contributed by atoms with Crippen LogP contribution in [0, 0.1) is 23.7 Å². The lowest BCUT2D eigenvalue weighted by Crippen LogP contribution is -2.54. The molecule has 1 aromatic rings. The predicted octanol–water partition coefficient (Wildman–Crippen LogP) is 3.24. The number of rotatable bonds is 7. The molecule has 12 heteroatoms. The van der Waals surface area contributed by atoms with Gasteiger partial charge in [0.2, 0.25) is 10.0 Å². The summed E-state index contributed by atoms with van der Waals surface area (Å²) in [5.41, 5.74) is 0.335. The number of carbonyl (C=O) groups excluding carboxylic acids is 1. The average molecular weight is 563 g/mol. The first-order valence-corrected chi connectivity index (χ1v) is 16.3. The lowest BCUT2D eigenvalue weighted by molar-refractivity contribution is -0.133. The van der Waals surface area contributed by atoms with Crippen molar-refractivity contribution >= 4 is 43.2 Å². The van der Waals surface area contributed by atoms with Crippen LogP contribution in [-0.2, 0) is 24.8 Å². The molecule has 5 aliphatic rings. The summed E-state index contributed by atoms with van der Waals surface area (Å²) < 4.78 is 57.1. The van der Waals surface area contributed by atoms with Gasteiger partial charge in [-0.2, -0.15) is 8.42 Å². The third kappa shape index (κ3) is 3.93. The summed E-state index contributed by atoms with van der Waals surface area (Å²) in [5.74, 6) is 0.134. The highest BCUT2D eigenvalue weighted by Crippen LogP contribution is 2.55. The fraction of sp³-hybridized carbons (Fsp3) is 0.615. The number of hydrogen-bond donors (Lipinski definition) is 2. The number of carbonyl (C=O) groups is 1. The van der Waals surface area contributed by atoms with Gasteiger partial charge in [0.25, 0.3) is 15.9 Å². The van der Waals surface area contributed by atoms with Gasteiger partial charge in [0.1, 0.15) is 16.2 Å². The van der Waals surface area contributed by atoms with Gasteiger partial charge in [-0.15, -0.1) is 4.40 Å². The minimum atomic E-state index is -4.28. The van der Waals surface area contributed by atoms with E-state index in [1.54, 1.807) is 0 Å². The first-order chi connectivity index (χ1) is 17.9. The minimum absolute atomic E-state index is 0.0650. The third-order valence-electron chi connectivity index (χ3n) is 8.86. The molecule has 6 rings (SSSR count). The number of amidine groups is 1. The maximum absolute atomic E-state index is 13.8. The van der Waals surface area contributed by atoms with E-state index in [9.17, 15) is 26.7 Å². The molecule has 0 aromatic heterocycles. The van der Waals surface area contributed by atoms with Gasteiger partial charge in [0, 0.05) is 25.6 Å². The Kier molecular flexibility index (Phi) is 5.88. The van der Waals surface area contributed by atoms with E-state index in [1.165, 1.54) is 25.2 Å². The molecule has 38 heavy (non-hydrogen) atoms. The maximum atomic E-state index is 13.8. The number of benzene rings is 1. The van der Waals surface area contributed by atoms with Gasteiger partial charge < -0.3 is 15.3 Å². The zero-order chi connectivity index (χ0) is 27.1. The molecule has 2 unspecified atom stereocenters. The summed E-state index contributed by atoms with van der Waals surface area (Å²) >= 11 is 0. The van der Waals surface area contributed by atoms with Crippen molar-refractivity contribution in [2.45, 2.75) is 68.6 Å². The summed E-state index contributed by atoms with van der Waals surface area (Å²) in [4.78, 5) is 15.5. The summed E-state index contributed by atoms with van der Waals surface area (Å²) in [5, 5.41) is 13.9. The predicted molar refractivity (Wildman–Crippen MR) is 144 cm³/mol. The quantitative estimate of drug-likeness (QED) is 0.521. The average Bonchev–Trinajstić information content (AvgIpc) is 3.53. The molecule has 2 heterocycles. The molecule has 2 bridgehead atoms. The molecule has 1 amide bonds. The summed E-state index contributed by atoms with van der Waals surface area (Å²) in [6.45, 7) is 4.73. The molecule has 4 atom stereocenters. The first kappa shape index (κ1) is 25.7. The van der Waals surface area contributed by atoms with Gasteiger partial charge in [-0.3, -0.25) is 9.10 Å². The fourth-order valence-corrected chi connectivity index (χ4v) is 9.44. The van der Waals surface area contributed by atoms with Crippen LogP contribution in [0.1, 0.15) is 52.4 Å². The third-order valence-corrected chi connectivity index (χ3v) is 12.5. The van der Waals surface area contributed by atoms with Crippen LogP contribution in [0.25, 0.3) is 0 Å². The molecule has 2 aliphatic heterocycles. The van der Waals surface area contributed by atoms with Crippen molar-refractivity contribution in [3.8, 4) is 0 Å². The molecule has 3 saturated carbocycles. The smallest absolute Gasteiger partial charge is 0.286 e. The number of aliphatic hydroxyl groups excluding tert-OH is 1. The zero-order valence-corrected chi connectivity index (χ0v) is 23.4. The van der Waals surface area contributed by atoms with Crippen LogP contribution in [0.15, 0.2) is 38.8 Å². The van der Waals surface area contributed by atoms with E-state index < -0.39 is 31.2 Å². The van der Waals surface area contributed by atoms with E-state index >= 15 is 0 Å². The van der Waals surface area contributed by atoms with Gasteiger partial charge in [-0.25, -0.2) is 8.42 Å². The van der Waals surface area contributed by atoms with Gasteiger partial charge >= 0.3 is 0 Å². The van der Waals surface area contributed by atoms with E-state index in [-0.39, 0.29) is 51.3 Å². The van der Waals surface area contributed by atoms with E-state index in [1.807, 2.05) is 4.90 Å². The Morgan fingerprint density at radius 2 is 1.89 bits per heavy atom. The first-order valence-electron chi connectivity index (χ1n) is 13.4. The van der Waals surface area contributed by atoms with E-state index in [0.717, 1.165) is 30.0 Å². The maximum Gasteiger partial charge on any atom is 0.286 e. The van der Waals surface area contributed by atoms with Crippen LogP contribution < -0.4 is 9.62 Å². The number of amides is 1. The van der Waals surface area contributed by atoms with Crippen molar-refractivity contribution in [3.63, 3.8) is 0 Å². The minimum Gasteiger partial charge on any atom is -0.511 e. The van der Waals surface area contributed by atoms with Crippen LogP contribution in [-0.4, -0.2) is 63.5 Å². The molecule has 206 valence electrons. The molecule has 0 spiro atoms. The highest BCUT2D eigenvalue weighted by Gasteiger charge is 2.57. The molecular formula is C26H34N4O6S2. The number of nitrogens with one attached hydrogen (secondary N) is 1. The topological polar surface area (TPSA) is 136 Å². The normalized spacial score (nSPS) is 29.7. The van der Waals surface area contributed by atoms with Gasteiger partial charge in [-0.1, -0.05) is 13.8 Å². The second-order valence-electron chi connectivity index (χ2n) is 11.7. The van der Waals surface area contributed by atoms with Crippen LogP contribution >= 0.6 is 0 Å². The van der Waals surface area contributed by atoms with Crippen molar-refractivity contribution in [1.29, 1.82) is 0 Å². The SMILES string of the molecule is CC(C)CCN1C(=O)C(C2=NS(=O)(=O)c3cc(N(C)S(=O)(=O)C4CC4)ccc3N2)=C(O)C2C1[C@@H]1CC[C@H]2C1. The molecule has 1 aromatic carbocycles. The highest BCUT2D eigenvalue weighted by molar-refractivity contribution is 7.93. The number of nitrogens with zero attached hydrogens (tertiary/aromatic N) is 3. The van der Waals surface area contributed by atoms with Crippen LogP contribution in [0.2, 0.25) is 0 Å². The lowest BCUT2D eigenvalue weighted by atomic mass is 9.77. The van der Waals surface area contributed by atoms with Crippen molar-refractivity contribution in [3.05, 3.63) is 29.5 Å². The van der Waals surface area contributed by atoms with Gasteiger partial charge in [-0.05, 0) is 74.5 Å². The highest BCUT2D eigenvalue weighted by atomic mass is 32.2. The summed E-state index contributed by atoms with van der Waals surface area (Å²) in [7, 11) is -6.43. The van der Waals surface area contributed by atoms with Crippen LogP contribution in [0.3, 0.4) is 0 Å². The summed E-state index contributed by atoms with van der Waals surface area (Å²) in [6.07, 6.45) is 4.97. The lowest BCUT2D eigenvalue weighted by Gasteiger charge is -2.44. The number of sulfonamides is 2. The number of hydrogen-bond acceptors (Lipinski definition) is 7. The Labute approximate surface area is 223 Å². The number of aliphatic hydroxyl groups is 1. The van der Waals surface area contributed by atoms with E-state index in [4.69, 9.17) is 0 Å². The standard InChI is InChI=1S/C26H34N4O6S2/c1-14(2)10-11-30-23-16-5-4-15(12-16)21(23)24(31)22(26(30)32)25-27-19-9-6-17(13-20(19)37(33,34)28-25)29(3)38(35,36)18-7-8-18/h6,9,13-16,18,21,23,31H,4-5,7-8,10-12H2,1-3H3,(H,27,28)/t15-,16+,21?,23?/m0/s1. The molecule has 0 radical (unpaired) electrons. The van der Waals surface area contributed by atoms with Crippen LogP contribution in [0.5, 0.6) is 0 Å². The molecule has 2 N–H and O–H groups in total. The van der Waals surface area contributed by atoms with Crippen molar-refractivity contribution in [2.75, 3.05) is 23.2 Å². The fourth-order valence-electron chi connectivity index (χ4n) is 6.71. The molecule has 0 saturated heterocycles. The Morgan fingerprint density at radius 3 is 2.58 bits per heavy atom. The Morgan fingerprint density at radius 1 is 1.18 bits per heavy atom. The molecule has 3 fully saturated rings. The van der Waals surface area contributed by atoms with E-state index in [0.29, 0.717) is 31.2 Å². The van der Waals surface area contributed by atoms with Crippen LogP contribution in [0.4, 0.5) is 11.4 Å². The van der Waals surface area contributed by atoms with Crippen molar-refractivity contribution < 1.29 is 26.7 Å². The monoisotopic (exact) mass is 562 g/mol. The molecule has 3 aliphatic carbocycles. The summed E-state index contributed by atoms with van der Waals surface area (Å²) in [6, 6.07) is 4.23. The van der Waals surface area contributed by atoms with Gasteiger partial charge in [0.15, 0.2) is 5.84 Å². The number of fused-ring (bicyclic) bond motifs is 6. The van der Waals surface area contributed by atoms with Crippen molar-refractivity contribution in [2.24, 2.45) is 28.1 Å². The zero-order valence-electron chi connectivity index (χ0n) is 21.8. The van der Waals surface area contributed by atoms with Crippen molar-refractivity contribution in [1.82, 2.24) is 4.90 Å². The molecular weight excluding hydrogens is 528 g/mol. The van der Waals surface area contributed by atoms with E-state index in [2.05, 4.69) is 23.6 Å². The second kappa shape index (κ2) is 8.70. The second-order valence-corrected chi connectivity index (χ2v) is 15.5. The largest absolute Gasteiger partial charge is 0.511 e. The Bertz CT molecular complexity index is 1480. The Balaban J connectivity index is 1.37. The van der Waals surface area contributed by atoms with Gasteiger partial charge in [0.05, 0.1) is 16.6 Å². The number of anilines is 2.